The fourth-order valence-corrected chi connectivity index (χ4v) is 12.7. The zero-order valence-corrected chi connectivity index (χ0v) is 48.9. The van der Waals surface area contributed by atoms with Gasteiger partial charge in [0.1, 0.15) is 54.1 Å². The van der Waals surface area contributed by atoms with Crippen LogP contribution in [-0.2, 0) is 42.9 Å². The molecule has 2 aliphatic heterocycles. The van der Waals surface area contributed by atoms with Crippen molar-refractivity contribution >= 4 is 36.8 Å². The molecule has 87 heavy (non-hydrogen) atoms. The van der Waals surface area contributed by atoms with Gasteiger partial charge < -0.3 is 53.8 Å². The zero-order valence-electron chi connectivity index (χ0n) is 48.0. The highest BCUT2D eigenvalue weighted by Crippen LogP contribution is 2.53. The Morgan fingerprint density at radius 1 is 0.805 bits per heavy atom. The number of phosphoric acid groups is 1. The highest BCUT2D eigenvalue weighted by molar-refractivity contribution is 7.47. The Morgan fingerprint density at radius 3 is 2.13 bits per heavy atom. The van der Waals surface area contributed by atoms with Crippen molar-refractivity contribution in [3.63, 3.8) is 0 Å². The third-order valence-electron chi connectivity index (χ3n) is 16.3. The molecule has 4 aromatic carbocycles. The van der Waals surface area contributed by atoms with Gasteiger partial charge in [-0.15, -0.1) is 11.8 Å². The predicted octanol–water partition coefficient (Wildman–Crippen LogP) is 6.95. The van der Waals surface area contributed by atoms with Gasteiger partial charge in [0.05, 0.1) is 46.5 Å². The number of nitrogens with one attached hydrogen (secondary N) is 3. The van der Waals surface area contributed by atoms with Crippen molar-refractivity contribution < 1.29 is 66.4 Å². The van der Waals surface area contributed by atoms with Crippen LogP contribution in [0.2, 0.25) is 0 Å². The number of nitrogens with zero attached hydrogens (tertiary/aromatic N) is 5. The first kappa shape index (κ1) is 60.6. The van der Waals surface area contributed by atoms with Crippen LogP contribution in [0, 0.1) is 36.5 Å². The van der Waals surface area contributed by atoms with E-state index in [9.17, 15) is 33.7 Å². The van der Waals surface area contributed by atoms with E-state index < -0.39 is 86.3 Å². The molecule has 0 bridgehead atoms. The number of hydrogen-bond acceptors (Lipinski definition) is 18. The van der Waals surface area contributed by atoms with Gasteiger partial charge in [-0.3, -0.25) is 32.8 Å². The average Bonchev–Trinajstić information content (AvgIpc) is 1.98. The Kier molecular flexibility index (Phi) is 18.7. The van der Waals surface area contributed by atoms with Crippen molar-refractivity contribution in [1.29, 1.82) is 0 Å². The second-order valence-corrected chi connectivity index (χ2v) is 23.0. The summed E-state index contributed by atoms with van der Waals surface area (Å²) in [6.45, 7) is 0.764. The fraction of sp³-hybridized carbons (Fsp3) is 0.403. The molecule has 2 aliphatic carbocycles. The lowest BCUT2D eigenvalue weighted by atomic mass is 9.80. The Balaban J connectivity index is 0.921. The van der Waals surface area contributed by atoms with Crippen LogP contribution in [0.1, 0.15) is 83.6 Å². The molecule has 25 heteroatoms. The van der Waals surface area contributed by atoms with E-state index in [4.69, 9.17) is 42.2 Å². The Bertz CT molecular complexity index is 3700. The van der Waals surface area contributed by atoms with Crippen LogP contribution in [0.15, 0.2) is 138 Å². The third-order valence-corrected chi connectivity index (χ3v) is 17.3. The van der Waals surface area contributed by atoms with Crippen LogP contribution in [0.5, 0.6) is 11.5 Å². The van der Waals surface area contributed by atoms with Gasteiger partial charge in [0.25, 0.3) is 11.5 Å². The van der Waals surface area contributed by atoms with Crippen molar-refractivity contribution in [2.45, 2.75) is 94.0 Å². The largest absolute Gasteiger partial charge is 0.497 e. The zero-order chi connectivity index (χ0) is 60.7. The molecule has 0 radical (unpaired) electrons. The van der Waals surface area contributed by atoms with Crippen molar-refractivity contribution in [2.75, 3.05) is 52.5 Å². The maximum Gasteiger partial charge on any atom is 0.472 e. The quantitative estimate of drug-likeness (QED) is 0.0177. The highest BCUT2D eigenvalue weighted by Gasteiger charge is 2.53. The molecule has 11 rings (SSSR count). The molecule has 1 saturated carbocycles. The monoisotopic (exact) mass is 1210 g/mol. The van der Waals surface area contributed by atoms with E-state index in [0.717, 1.165) is 30.3 Å². The van der Waals surface area contributed by atoms with Crippen LogP contribution in [0.3, 0.4) is 0 Å². The molecule has 5 N–H and O–H groups in total. The number of aromatic nitrogens is 6. The number of benzene rings is 4. The number of aliphatic hydroxyl groups excluding tert-OH is 1. The number of carbonyl (C=O) groups is 2. The van der Waals surface area contributed by atoms with E-state index in [-0.39, 0.29) is 61.1 Å². The molecule has 3 unspecified atom stereocenters. The summed E-state index contributed by atoms with van der Waals surface area (Å²) >= 11 is 0. The summed E-state index contributed by atoms with van der Waals surface area (Å²) in [5.74, 6) is 8.46. The summed E-state index contributed by atoms with van der Waals surface area (Å²) < 4.78 is 73.2. The number of methoxy groups -OCH3 is 2. The number of imidazole rings is 1. The second-order valence-electron chi connectivity index (χ2n) is 21.6. The summed E-state index contributed by atoms with van der Waals surface area (Å²) in [4.78, 5) is 79.3. The standard InChI is InChI=1S/C62H67N8O16P/c1-38-32-69(60(74)68-57(38)72)51-31-48(71)49(84-51)35-83-87(76,77)86-53-50(34-82-62(40-17-10-7-11-18-40,41-21-25-43(78-2)26-22-41)42-23-27-44(79-3)28-24-42)85-59(70-37-66-52-55(64-36-65-56(52)70)67-58(73)39-15-8-6-9-16-39)54(53)80-30-14-29-63-61(75)81-33-47-45-19-12-4-5-13-20-46(45)47/h6-11,15-18,21-28,32,36-37,45-51,53-54,59,71H,12-14,19-20,29-31,33-35H2,1-3H3,(H,63,75)(H,76,77)(H,68,72,74)(H,64,65,67,73)/t45?,46?,47?,48-,49+,50+,51+,53+,54+,59+/m0/s1. The number of amides is 2. The first-order valence-electron chi connectivity index (χ1n) is 28.7. The predicted molar refractivity (Wildman–Crippen MR) is 314 cm³/mol. The summed E-state index contributed by atoms with van der Waals surface area (Å²) in [7, 11) is -2.16. The first-order valence-corrected chi connectivity index (χ1v) is 30.2. The van der Waals surface area contributed by atoms with Gasteiger partial charge in [-0.2, -0.15) is 0 Å². The minimum atomic E-state index is -5.28. The normalized spacial score (nSPS) is 23.9. The van der Waals surface area contributed by atoms with Crippen molar-refractivity contribution in [3.05, 3.63) is 177 Å². The van der Waals surface area contributed by atoms with Gasteiger partial charge >= 0.3 is 19.6 Å². The van der Waals surface area contributed by atoms with Gasteiger partial charge in [-0.05, 0) is 97.0 Å². The minimum absolute atomic E-state index is 0.0770. The molecule has 10 atom stereocenters. The van der Waals surface area contributed by atoms with Gasteiger partial charge in [0.15, 0.2) is 23.2 Å². The van der Waals surface area contributed by atoms with Crippen LogP contribution >= 0.6 is 7.82 Å². The third kappa shape index (κ3) is 13.6. The van der Waals surface area contributed by atoms with Crippen molar-refractivity contribution in [2.24, 2.45) is 17.8 Å². The number of phosphoric ester groups is 1. The van der Waals surface area contributed by atoms with E-state index in [2.05, 4.69) is 42.4 Å². The van der Waals surface area contributed by atoms with Gasteiger partial charge in [0.2, 0.25) is 0 Å². The molecule has 7 aromatic rings. The number of aryl methyl sites for hydroxylation is 1. The maximum absolute atomic E-state index is 14.7. The lowest BCUT2D eigenvalue weighted by molar-refractivity contribution is -0.0963. The molecule has 24 nitrogen and oxygen atoms in total. The molecule has 0 spiro atoms. The molecule has 2 saturated heterocycles. The average molecular weight is 1210 g/mol. The lowest BCUT2D eigenvalue weighted by Crippen LogP contribution is -2.41. The molecular weight excluding hydrogens is 1140 g/mol. The summed E-state index contributed by atoms with van der Waals surface area (Å²) in [5, 5.41) is 16.8. The van der Waals surface area contributed by atoms with Crippen LogP contribution in [-0.4, -0.2) is 129 Å². The molecular formula is C62H67N8O16P. The van der Waals surface area contributed by atoms with Gasteiger partial charge in [-0.25, -0.2) is 29.1 Å². The number of H-pyrrole nitrogens is 1. The SMILES string of the molecule is COc1ccc(C(OC[C@H]2O[C@@H](n3cnc4c(NC(=O)c5ccccc5)ncnc43)[C@H](OCCCNC(=O)OCC3C4CCC#CCCC43)[C@@H]2OP(=O)(O)OC[C@H]2O[C@@H](n3cc(C)c(=O)[nH]c3=O)C[C@@H]2O)(c2ccccc2)c2ccc(OC)cc2)cc1. The second kappa shape index (κ2) is 26.9. The minimum Gasteiger partial charge on any atom is -0.497 e. The number of aromatic amines is 1. The Morgan fingerprint density at radius 2 is 1.46 bits per heavy atom. The Hall–Kier alpha value is -8.08. The first-order chi connectivity index (χ1) is 42.2. The fourth-order valence-electron chi connectivity index (χ4n) is 11.7. The van der Waals surface area contributed by atoms with E-state index in [0.29, 0.717) is 52.2 Å². The number of aliphatic hydroxyl groups is 1. The molecule has 456 valence electrons. The molecule has 3 fully saturated rings. The Labute approximate surface area is 500 Å². The van der Waals surface area contributed by atoms with Crippen LogP contribution < -0.4 is 31.4 Å². The lowest BCUT2D eigenvalue weighted by Gasteiger charge is -2.37. The topological polar surface area (TPSA) is 297 Å². The van der Waals surface area contributed by atoms with E-state index in [1.165, 1.54) is 30.3 Å². The number of anilines is 1. The maximum atomic E-state index is 14.7. The van der Waals surface area contributed by atoms with Gasteiger partial charge in [0, 0.05) is 49.7 Å². The van der Waals surface area contributed by atoms with Crippen molar-refractivity contribution in [3.8, 4) is 23.3 Å². The highest BCUT2D eigenvalue weighted by atomic mass is 31.2. The van der Waals surface area contributed by atoms with E-state index in [1.807, 2.05) is 54.6 Å². The number of carbonyl (C=O) groups excluding carboxylic acids is 2. The summed E-state index contributed by atoms with van der Waals surface area (Å²) in [5.41, 5.74) is 0.123. The summed E-state index contributed by atoms with van der Waals surface area (Å²) in [6.07, 6.45) is -1.97. The molecule has 5 heterocycles. The van der Waals surface area contributed by atoms with Gasteiger partial charge in [-0.1, -0.05) is 72.8 Å². The van der Waals surface area contributed by atoms with Crippen LogP contribution in [0.25, 0.3) is 11.2 Å². The van der Waals surface area contributed by atoms with Crippen molar-refractivity contribution in [1.82, 2.24) is 34.4 Å². The smallest absolute Gasteiger partial charge is 0.472 e. The molecule has 4 aliphatic rings. The number of rotatable bonds is 24. The molecule has 3 aromatic heterocycles. The number of fused-ring (bicyclic) bond motifs is 2. The number of hydrogen-bond donors (Lipinski definition) is 5. The van der Waals surface area contributed by atoms with Crippen LogP contribution in [0.4, 0.5) is 10.6 Å². The molecule has 2 amide bonds. The van der Waals surface area contributed by atoms with E-state index in [1.54, 1.807) is 68.8 Å². The summed E-state index contributed by atoms with van der Waals surface area (Å²) in [6, 6.07) is 32.7. The number of ether oxygens (including phenoxy) is 7. The van der Waals surface area contributed by atoms with E-state index >= 15 is 0 Å². The number of alkyl carbamates (subject to hydrolysis) is 1.